The number of hydrogen-bond acceptors (Lipinski definition) is 3. The van der Waals surface area contributed by atoms with Crippen LogP contribution in [0.4, 0.5) is 13.2 Å². The van der Waals surface area contributed by atoms with Gasteiger partial charge in [0.25, 0.3) is 6.43 Å². The number of esters is 1. The molecule has 1 aromatic carbocycles. The predicted molar refractivity (Wildman–Crippen MR) is 52.1 cm³/mol. The normalized spacial score (nSPS) is 10.4. The molecule has 0 atom stereocenters. The highest BCUT2D eigenvalue weighted by molar-refractivity contribution is 6.34. The topological polar surface area (TPSA) is 43.4 Å². The first-order valence-corrected chi connectivity index (χ1v) is 4.63. The van der Waals surface area contributed by atoms with Gasteiger partial charge in [0.05, 0.1) is 7.11 Å². The molecule has 3 nitrogen and oxygen atoms in total. The maximum absolute atomic E-state index is 13.3. The number of methoxy groups -OCH3 is 1. The summed E-state index contributed by atoms with van der Waals surface area (Å²) in [6, 6.07) is 2.70. The van der Waals surface area contributed by atoms with E-state index in [-0.39, 0.29) is 5.56 Å². The summed E-state index contributed by atoms with van der Waals surface area (Å²) in [6.07, 6.45) is -3.29. The van der Waals surface area contributed by atoms with Gasteiger partial charge in [-0.3, -0.25) is 4.79 Å². The summed E-state index contributed by atoms with van der Waals surface area (Å²) in [4.78, 5) is 21.9. The SMILES string of the molecule is COC(=O)C(=O)Cc1ccc(C(F)F)cc1F. The van der Waals surface area contributed by atoms with E-state index in [0.717, 1.165) is 19.2 Å². The summed E-state index contributed by atoms with van der Waals surface area (Å²) in [5.74, 6) is -2.97. The highest BCUT2D eigenvalue weighted by Gasteiger charge is 2.18. The standard InChI is InChI=1S/C11H9F3O3/c1-17-11(16)9(15)5-6-2-3-7(10(13)14)4-8(6)12/h2-4,10H,5H2,1H3. The van der Waals surface area contributed by atoms with Crippen molar-refractivity contribution >= 4 is 11.8 Å². The Bertz CT molecular complexity index is 444. The van der Waals surface area contributed by atoms with E-state index in [0.29, 0.717) is 6.07 Å². The molecular weight excluding hydrogens is 237 g/mol. The summed E-state index contributed by atoms with van der Waals surface area (Å²) < 4.78 is 41.9. The number of halogens is 3. The van der Waals surface area contributed by atoms with Crippen molar-refractivity contribution in [2.75, 3.05) is 7.11 Å². The molecule has 0 fully saturated rings. The molecule has 0 saturated carbocycles. The van der Waals surface area contributed by atoms with Gasteiger partial charge in [-0.1, -0.05) is 12.1 Å². The van der Waals surface area contributed by atoms with Crippen molar-refractivity contribution in [2.45, 2.75) is 12.8 Å². The lowest BCUT2D eigenvalue weighted by atomic mass is 10.1. The average Bonchev–Trinajstić information content (AvgIpc) is 2.30. The number of carbonyl (C=O) groups is 2. The van der Waals surface area contributed by atoms with Crippen molar-refractivity contribution in [3.05, 3.63) is 35.1 Å². The van der Waals surface area contributed by atoms with Crippen molar-refractivity contribution in [2.24, 2.45) is 0 Å². The van der Waals surface area contributed by atoms with Crippen LogP contribution in [-0.2, 0) is 20.7 Å². The number of ether oxygens (including phenoxy) is 1. The van der Waals surface area contributed by atoms with Gasteiger partial charge in [0, 0.05) is 12.0 Å². The molecule has 92 valence electrons. The highest BCUT2D eigenvalue weighted by atomic mass is 19.3. The molecule has 0 aliphatic carbocycles. The van der Waals surface area contributed by atoms with Crippen LogP contribution < -0.4 is 0 Å². The number of alkyl halides is 2. The number of rotatable bonds is 4. The largest absolute Gasteiger partial charge is 0.463 e. The lowest BCUT2D eigenvalue weighted by molar-refractivity contribution is -0.151. The molecule has 0 amide bonds. The van der Waals surface area contributed by atoms with Crippen LogP contribution in [0.3, 0.4) is 0 Å². The Labute approximate surface area is 95.2 Å². The summed E-state index contributed by atoms with van der Waals surface area (Å²) in [7, 11) is 1.02. The zero-order chi connectivity index (χ0) is 13.0. The second-order valence-electron chi connectivity index (χ2n) is 3.24. The summed E-state index contributed by atoms with van der Waals surface area (Å²) in [6.45, 7) is 0. The molecule has 0 radical (unpaired) electrons. The molecule has 0 unspecified atom stereocenters. The van der Waals surface area contributed by atoms with E-state index in [9.17, 15) is 22.8 Å². The molecule has 0 N–H and O–H groups in total. The molecule has 0 bridgehead atoms. The van der Waals surface area contributed by atoms with E-state index in [1.807, 2.05) is 0 Å². The van der Waals surface area contributed by atoms with Gasteiger partial charge in [0.1, 0.15) is 5.82 Å². The minimum atomic E-state index is -2.78. The Balaban J connectivity index is 2.86. The first-order valence-electron chi connectivity index (χ1n) is 4.63. The average molecular weight is 246 g/mol. The minimum Gasteiger partial charge on any atom is -0.463 e. The van der Waals surface area contributed by atoms with E-state index in [2.05, 4.69) is 4.74 Å². The van der Waals surface area contributed by atoms with Gasteiger partial charge < -0.3 is 4.74 Å². The van der Waals surface area contributed by atoms with Gasteiger partial charge in [0.2, 0.25) is 5.78 Å². The van der Waals surface area contributed by atoms with Crippen molar-refractivity contribution in [3.63, 3.8) is 0 Å². The lowest BCUT2D eigenvalue weighted by Gasteiger charge is -2.04. The van der Waals surface area contributed by atoms with Crippen LogP contribution in [0.1, 0.15) is 17.6 Å². The second kappa shape index (κ2) is 5.47. The molecule has 0 heterocycles. The van der Waals surface area contributed by atoms with Crippen LogP contribution in [0.25, 0.3) is 0 Å². The molecular formula is C11H9F3O3. The number of hydrogen-bond donors (Lipinski definition) is 0. The molecule has 0 saturated heterocycles. The molecule has 0 aliphatic heterocycles. The van der Waals surface area contributed by atoms with Crippen LogP contribution >= 0.6 is 0 Å². The van der Waals surface area contributed by atoms with Gasteiger partial charge >= 0.3 is 5.97 Å². The zero-order valence-corrected chi connectivity index (χ0v) is 8.88. The van der Waals surface area contributed by atoms with Gasteiger partial charge in [-0.05, 0) is 11.6 Å². The van der Waals surface area contributed by atoms with Gasteiger partial charge in [-0.2, -0.15) is 0 Å². The Kier molecular flexibility index (Phi) is 4.25. The maximum Gasteiger partial charge on any atom is 0.374 e. The fourth-order valence-corrected chi connectivity index (χ4v) is 1.20. The van der Waals surface area contributed by atoms with Gasteiger partial charge in [-0.25, -0.2) is 18.0 Å². The molecule has 17 heavy (non-hydrogen) atoms. The summed E-state index contributed by atoms with van der Waals surface area (Å²) >= 11 is 0. The van der Waals surface area contributed by atoms with Crippen LogP contribution in [-0.4, -0.2) is 18.9 Å². The lowest BCUT2D eigenvalue weighted by Crippen LogP contribution is -2.18. The molecule has 1 aromatic rings. The summed E-state index contributed by atoms with van der Waals surface area (Å²) in [5, 5.41) is 0. The monoisotopic (exact) mass is 246 g/mol. The fourth-order valence-electron chi connectivity index (χ4n) is 1.20. The quantitative estimate of drug-likeness (QED) is 0.603. The van der Waals surface area contributed by atoms with Crippen LogP contribution in [0.15, 0.2) is 18.2 Å². The fraction of sp³-hybridized carbons (Fsp3) is 0.273. The van der Waals surface area contributed by atoms with Crippen LogP contribution in [0.2, 0.25) is 0 Å². The number of ketones is 1. The number of benzene rings is 1. The maximum atomic E-state index is 13.3. The smallest absolute Gasteiger partial charge is 0.374 e. The van der Waals surface area contributed by atoms with Gasteiger partial charge in [0.15, 0.2) is 0 Å². The van der Waals surface area contributed by atoms with E-state index in [4.69, 9.17) is 0 Å². The van der Waals surface area contributed by atoms with Crippen molar-refractivity contribution in [1.82, 2.24) is 0 Å². The molecule has 6 heteroatoms. The van der Waals surface area contributed by atoms with E-state index in [1.165, 1.54) is 0 Å². The minimum absolute atomic E-state index is 0.121. The van der Waals surface area contributed by atoms with Crippen molar-refractivity contribution in [1.29, 1.82) is 0 Å². The van der Waals surface area contributed by atoms with Crippen molar-refractivity contribution in [3.8, 4) is 0 Å². The van der Waals surface area contributed by atoms with Crippen LogP contribution in [0.5, 0.6) is 0 Å². The van der Waals surface area contributed by atoms with E-state index >= 15 is 0 Å². The third-order valence-corrected chi connectivity index (χ3v) is 2.09. The Morgan fingerprint density at radius 2 is 2.00 bits per heavy atom. The number of carbonyl (C=O) groups excluding carboxylic acids is 2. The molecule has 1 rings (SSSR count). The zero-order valence-electron chi connectivity index (χ0n) is 8.88. The van der Waals surface area contributed by atoms with Crippen molar-refractivity contribution < 1.29 is 27.5 Å². The third kappa shape index (κ3) is 3.30. The highest BCUT2D eigenvalue weighted by Crippen LogP contribution is 2.21. The number of Topliss-reactive ketones (excluding diaryl/α,β-unsaturated/α-hetero) is 1. The van der Waals surface area contributed by atoms with Crippen LogP contribution in [0, 0.1) is 5.82 Å². The molecule has 0 spiro atoms. The predicted octanol–water partition coefficient (Wildman–Crippen LogP) is 2.05. The first-order chi connectivity index (χ1) is 7.95. The van der Waals surface area contributed by atoms with E-state index < -0.39 is 36.0 Å². The Morgan fingerprint density at radius 1 is 1.35 bits per heavy atom. The molecule has 0 aliphatic rings. The Hall–Kier alpha value is -1.85. The first kappa shape index (κ1) is 13.2. The molecule has 0 aromatic heterocycles. The van der Waals surface area contributed by atoms with Gasteiger partial charge in [-0.15, -0.1) is 0 Å². The summed E-state index contributed by atoms with van der Waals surface area (Å²) in [5.41, 5.74) is -0.596. The third-order valence-electron chi connectivity index (χ3n) is 2.09. The van der Waals surface area contributed by atoms with E-state index in [1.54, 1.807) is 0 Å². The Morgan fingerprint density at radius 3 is 2.47 bits per heavy atom. The second-order valence-corrected chi connectivity index (χ2v) is 3.24.